The lowest BCUT2D eigenvalue weighted by Crippen LogP contribution is -2.22. The Morgan fingerprint density at radius 1 is 0.933 bits per heavy atom. The van der Waals surface area contributed by atoms with Crippen LogP contribution in [0.25, 0.3) is 5.52 Å². The fourth-order valence-electron chi connectivity index (χ4n) is 5.20. The van der Waals surface area contributed by atoms with Gasteiger partial charge in [0.15, 0.2) is 0 Å². The highest BCUT2D eigenvalue weighted by Gasteiger charge is 2.38. The second-order valence-corrected chi connectivity index (χ2v) is 8.79. The zero-order chi connectivity index (χ0) is 20.9. The van der Waals surface area contributed by atoms with Crippen molar-refractivity contribution in [3.63, 3.8) is 0 Å². The molecule has 2 aromatic heterocycles. The minimum absolute atomic E-state index is 0.0536. The van der Waals surface area contributed by atoms with Gasteiger partial charge in [-0.2, -0.15) is 13.2 Å². The van der Waals surface area contributed by atoms with Crippen molar-refractivity contribution in [3.05, 3.63) is 71.3 Å². The van der Waals surface area contributed by atoms with Crippen LogP contribution in [0.3, 0.4) is 0 Å². The van der Waals surface area contributed by atoms with Crippen molar-refractivity contribution < 1.29 is 18.3 Å². The number of nitrogens with zero attached hydrogens (tertiary/aromatic N) is 2. The molecule has 2 aliphatic carbocycles. The highest BCUT2D eigenvalue weighted by Crippen LogP contribution is 2.48. The summed E-state index contributed by atoms with van der Waals surface area (Å²) < 4.78 is 42.2. The van der Waals surface area contributed by atoms with Crippen molar-refractivity contribution in [2.75, 3.05) is 0 Å². The number of aromatic nitrogens is 2. The molecule has 0 radical (unpaired) electrons. The Hall–Kier alpha value is -2.34. The lowest BCUT2D eigenvalue weighted by atomic mass is 9.74. The van der Waals surface area contributed by atoms with Gasteiger partial charge in [0.25, 0.3) is 0 Å². The van der Waals surface area contributed by atoms with E-state index >= 15 is 0 Å². The number of imidazole rings is 1. The van der Waals surface area contributed by atoms with Gasteiger partial charge < -0.3 is 9.51 Å². The third-order valence-corrected chi connectivity index (χ3v) is 6.91. The van der Waals surface area contributed by atoms with Crippen LogP contribution in [0.1, 0.15) is 78.7 Å². The quantitative estimate of drug-likeness (QED) is 0.549. The molecule has 0 saturated heterocycles. The molecule has 0 bridgehead atoms. The molecule has 1 N–H and O–H groups in total. The number of alkyl halides is 3. The van der Waals surface area contributed by atoms with Gasteiger partial charge in [-0.15, -0.1) is 0 Å². The molecule has 3 aromatic rings. The number of pyridine rings is 1. The van der Waals surface area contributed by atoms with Gasteiger partial charge in [-0.1, -0.05) is 18.2 Å². The van der Waals surface area contributed by atoms with Crippen LogP contribution in [-0.2, 0) is 6.18 Å². The molecule has 0 spiro atoms. The summed E-state index contributed by atoms with van der Waals surface area (Å²) in [6, 6.07) is 8.03. The Morgan fingerprint density at radius 2 is 1.60 bits per heavy atom. The number of aliphatic hydroxyl groups excluding tert-OH is 1. The first kappa shape index (κ1) is 19.6. The van der Waals surface area contributed by atoms with Crippen LogP contribution in [0.4, 0.5) is 13.2 Å². The minimum Gasteiger partial charge on any atom is -0.388 e. The van der Waals surface area contributed by atoms with Gasteiger partial charge in [-0.3, -0.25) is 0 Å². The monoisotopic (exact) mass is 414 g/mol. The number of benzene rings is 1. The predicted molar refractivity (Wildman–Crippen MR) is 108 cm³/mol. The Kier molecular flexibility index (Phi) is 4.85. The SMILES string of the molecule is O[C@H](c1c(C2CC2)ccn2cncc12)[C@H]1CC[C@H](c2ccccc2C(F)(F)F)CC1. The lowest BCUT2D eigenvalue weighted by molar-refractivity contribution is -0.138. The minimum atomic E-state index is -4.33. The molecule has 0 unspecified atom stereocenters. The van der Waals surface area contributed by atoms with Gasteiger partial charge in [0.1, 0.15) is 0 Å². The second kappa shape index (κ2) is 7.41. The number of rotatable bonds is 4. The average Bonchev–Trinajstić information content (AvgIpc) is 3.48. The molecule has 158 valence electrons. The molecule has 30 heavy (non-hydrogen) atoms. The maximum absolute atomic E-state index is 13.4. The van der Waals surface area contributed by atoms with Gasteiger partial charge in [0.2, 0.25) is 0 Å². The molecule has 1 atom stereocenters. The zero-order valence-electron chi connectivity index (χ0n) is 16.6. The van der Waals surface area contributed by atoms with E-state index in [2.05, 4.69) is 11.1 Å². The summed E-state index contributed by atoms with van der Waals surface area (Å²) in [5, 5.41) is 11.3. The molecule has 2 aliphatic rings. The van der Waals surface area contributed by atoms with Crippen molar-refractivity contribution in [2.45, 2.75) is 62.6 Å². The van der Waals surface area contributed by atoms with Gasteiger partial charge in [0, 0.05) is 11.8 Å². The highest BCUT2D eigenvalue weighted by atomic mass is 19.4. The molecular weight excluding hydrogens is 389 g/mol. The first-order valence-electron chi connectivity index (χ1n) is 10.7. The van der Waals surface area contributed by atoms with E-state index in [1.165, 1.54) is 17.7 Å². The molecule has 5 rings (SSSR count). The first-order valence-corrected chi connectivity index (χ1v) is 10.7. The first-order chi connectivity index (χ1) is 14.4. The summed E-state index contributed by atoms with van der Waals surface area (Å²) in [7, 11) is 0. The Morgan fingerprint density at radius 3 is 2.30 bits per heavy atom. The smallest absolute Gasteiger partial charge is 0.388 e. The largest absolute Gasteiger partial charge is 0.416 e. The van der Waals surface area contributed by atoms with Crippen LogP contribution in [0.15, 0.2) is 49.1 Å². The maximum atomic E-state index is 13.4. The summed E-state index contributed by atoms with van der Waals surface area (Å²) >= 11 is 0. The van der Waals surface area contributed by atoms with Crippen LogP contribution < -0.4 is 0 Å². The molecule has 2 fully saturated rings. The van der Waals surface area contributed by atoms with E-state index in [1.54, 1.807) is 24.7 Å². The van der Waals surface area contributed by atoms with Crippen molar-refractivity contribution in [2.24, 2.45) is 5.92 Å². The van der Waals surface area contributed by atoms with E-state index in [4.69, 9.17) is 0 Å². The number of fused-ring (bicyclic) bond motifs is 1. The van der Waals surface area contributed by atoms with Crippen LogP contribution in [-0.4, -0.2) is 14.5 Å². The second-order valence-electron chi connectivity index (χ2n) is 8.79. The molecule has 6 heteroatoms. The summed E-state index contributed by atoms with van der Waals surface area (Å²) in [6.45, 7) is 0. The normalized spacial score (nSPS) is 23.6. The summed E-state index contributed by atoms with van der Waals surface area (Å²) in [5.74, 6) is 0.447. The topological polar surface area (TPSA) is 37.5 Å². The Labute approximate surface area is 173 Å². The van der Waals surface area contributed by atoms with Crippen LogP contribution >= 0.6 is 0 Å². The van der Waals surface area contributed by atoms with Gasteiger partial charge in [-0.05, 0) is 79.5 Å². The Balaban J connectivity index is 1.38. The molecule has 0 amide bonds. The number of halogens is 3. The molecule has 2 heterocycles. The third kappa shape index (κ3) is 3.51. The van der Waals surface area contributed by atoms with E-state index in [0.717, 1.165) is 36.8 Å². The lowest BCUT2D eigenvalue weighted by Gasteiger charge is -2.33. The molecule has 1 aromatic carbocycles. The van der Waals surface area contributed by atoms with Crippen LogP contribution in [0.2, 0.25) is 0 Å². The van der Waals surface area contributed by atoms with Crippen LogP contribution in [0, 0.1) is 5.92 Å². The van der Waals surface area contributed by atoms with E-state index in [-0.39, 0.29) is 11.8 Å². The van der Waals surface area contributed by atoms with Gasteiger partial charge >= 0.3 is 6.18 Å². The van der Waals surface area contributed by atoms with Crippen molar-refractivity contribution >= 4 is 5.52 Å². The maximum Gasteiger partial charge on any atom is 0.416 e. The summed E-state index contributed by atoms with van der Waals surface area (Å²) in [6.07, 6.45) is 5.65. The van der Waals surface area contributed by atoms with Gasteiger partial charge in [0.05, 0.1) is 29.7 Å². The molecule has 3 nitrogen and oxygen atoms in total. The molecule has 2 saturated carbocycles. The average molecular weight is 414 g/mol. The zero-order valence-corrected chi connectivity index (χ0v) is 16.6. The fourth-order valence-corrected chi connectivity index (χ4v) is 5.20. The molecular formula is C24H25F3N2O. The summed E-state index contributed by atoms with van der Waals surface area (Å²) in [5.41, 5.74) is 3.00. The van der Waals surface area contributed by atoms with E-state index in [0.29, 0.717) is 24.3 Å². The third-order valence-electron chi connectivity index (χ3n) is 6.91. The van der Waals surface area contributed by atoms with E-state index < -0.39 is 17.8 Å². The van der Waals surface area contributed by atoms with Crippen molar-refractivity contribution in [3.8, 4) is 0 Å². The van der Waals surface area contributed by atoms with E-state index in [1.807, 2.05) is 10.6 Å². The van der Waals surface area contributed by atoms with Crippen molar-refractivity contribution in [1.82, 2.24) is 9.38 Å². The summed E-state index contributed by atoms with van der Waals surface area (Å²) in [4.78, 5) is 4.24. The fraction of sp³-hybridized carbons (Fsp3) is 0.458. The molecule has 0 aliphatic heterocycles. The number of aliphatic hydroxyl groups is 1. The number of hydrogen-bond acceptors (Lipinski definition) is 2. The van der Waals surface area contributed by atoms with Crippen molar-refractivity contribution in [1.29, 1.82) is 0 Å². The Bertz CT molecular complexity index is 1050. The van der Waals surface area contributed by atoms with E-state index in [9.17, 15) is 18.3 Å². The number of hydrogen-bond donors (Lipinski definition) is 1. The standard InChI is InChI=1S/C24H25F3N2O/c25-24(26,27)20-4-2-1-3-18(20)15-7-9-17(10-8-15)23(30)22-19(16-5-6-16)11-12-29-14-28-13-21(22)29/h1-4,11-17,23,30H,5-10H2/t15-,17-,23-/m0/s1. The van der Waals surface area contributed by atoms with Gasteiger partial charge in [-0.25, -0.2) is 4.98 Å². The van der Waals surface area contributed by atoms with Crippen LogP contribution in [0.5, 0.6) is 0 Å². The highest BCUT2D eigenvalue weighted by molar-refractivity contribution is 5.59. The predicted octanol–water partition coefficient (Wildman–Crippen LogP) is 6.24.